The molecule has 1 aliphatic heterocycles. The Kier molecular flexibility index (Phi) is 6.11. The number of unbranched alkanes of at least 4 members (excludes halogenated alkanes) is 1. The van der Waals surface area contributed by atoms with Crippen LogP contribution in [0.4, 0.5) is 4.79 Å². The summed E-state index contributed by atoms with van der Waals surface area (Å²) >= 11 is 0. The fourth-order valence-corrected chi connectivity index (χ4v) is 4.24. The summed E-state index contributed by atoms with van der Waals surface area (Å²) < 4.78 is 0. The SMILES string of the molecule is CCCCC1N(C)C(=O)C(Cc2ccc(O)cc2)(c2ccccc2)N1C(=O)NC. The summed E-state index contributed by atoms with van der Waals surface area (Å²) in [7, 11) is 3.37. The van der Waals surface area contributed by atoms with Crippen LogP contribution in [0, 0.1) is 0 Å². The van der Waals surface area contributed by atoms with Crippen molar-refractivity contribution in [2.75, 3.05) is 14.1 Å². The molecular weight excluding hydrogens is 366 g/mol. The van der Waals surface area contributed by atoms with Crippen molar-refractivity contribution in [2.24, 2.45) is 0 Å². The van der Waals surface area contributed by atoms with Crippen molar-refractivity contribution in [3.63, 3.8) is 0 Å². The number of carbonyl (C=O) groups excluding carboxylic acids is 2. The predicted molar refractivity (Wildman–Crippen MR) is 112 cm³/mol. The Morgan fingerprint density at radius 3 is 2.38 bits per heavy atom. The first-order valence-corrected chi connectivity index (χ1v) is 10.1. The molecule has 2 atom stereocenters. The Balaban J connectivity index is 2.18. The molecule has 2 unspecified atom stereocenters. The highest BCUT2D eigenvalue weighted by Gasteiger charge is 2.58. The molecule has 0 radical (unpaired) electrons. The molecule has 154 valence electrons. The van der Waals surface area contributed by atoms with Crippen LogP contribution in [0.2, 0.25) is 0 Å². The van der Waals surface area contributed by atoms with Crippen LogP contribution in [-0.2, 0) is 16.8 Å². The normalized spacial score (nSPS) is 21.5. The standard InChI is InChI=1S/C23H29N3O3/c1-4-5-11-20-25(3)21(28)23(26(20)22(29)24-2,18-9-7-6-8-10-18)16-17-12-14-19(27)15-13-17/h6-10,12-15,20,27H,4-5,11,16H2,1-3H3,(H,24,29). The lowest BCUT2D eigenvalue weighted by atomic mass is 9.82. The maximum absolute atomic E-state index is 13.8. The summed E-state index contributed by atoms with van der Waals surface area (Å²) in [5, 5.41) is 12.4. The first-order chi connectivity index (χ1) is 14.0. The van der Waals surface area contributed by atoms with Crippen molar-refractivity contribution in [2.45, 2.75) is 44.3 Å². The van der Waals surface area contributed by atoms with Crippen molar-refractivity contribution in [1.82, 2.24) is 15.1 Å². The summed E-state index contributed by atoms with van der Waals surface area (Å²) in [6, 6.07) is 16.0. The zero-order chi connectivity index (χ0) is 21.0. The van der Waals surface area contributed by atoms with Gasteiger partial charge in [-0.2, -0.15) is 0 Å². The molecule has 2 aromatic carbocycles. The van der Waals surface area contributed by atoms with Crippen LogP contribution in [0.15, 0.2) is 54.6 Å². The zero-order valence-electron chi connectivity index (χ0n) is 17.3. The first-order valence-electron chi connectivity index (χ1n) is 10.1. The number of urea groups is 1. The number of hydrogen-bond donors (Lipinski definition) is 2. The summed E-state index contributed by atoms with van der Waals surface area (Å²) in [5.74, 6) is 0.0721. The lowest BCUT2D eigenvalue weighted by Crippen LogP contribution is -2.55. The number of hydrogen-bond acceptors (Lipinski definition) is 3. The Bertz CT molecular complexity index is 853. The third kappa shape index (κ3) is 3.67. The van der Waals surface area contributed by atoms with Crippen LogP contribution in [0.3, 0.4) is 0 Å². The van der Waals surface area contributed by atoms with Gasteiger partial charge in [-0.05, 0) is 36.1 Å². The van der Waals surface area contributed by atoms with Gasteiger partial charge in [0.25, 0.3) is 5.91 Å². The lowest BCUT2D eigenvalue weighted by Gasteiger charge is -2.38. The Morgan fingerprint density at radius 1 is 1.14 bits per heavy atom. The van der Waals surface area contributed by atoms with Crippen molar-refractivity contribution < 1.29 is 14.7 Å². The molecule has 1 saturated heterocycles. The topological polar surface area (TPSA) is 72.9 Å². The van der Waals surface area contributed by atoms with Gasteiger partial charge < -0.3 is 15.3 Å². The number of benzene rings is 2. The first kappa shape index (κ1) is 20.7. The van der Waals surface area contributed by atoms with Gasteiger partial charge in [-0.3, -0.25) is 9.69 Å². The monoisotopic (exact) mass is 395 g/mol. The van der Waals surface area contributed by atoms with Gasteiger partial charge in [0.1, 0.15) is 11.9 Å². The van der Waals surface area contributed by atoms with Crippen LogP contribution in [0.1, 0.15) is 37.3 Å². The third-order valence-corrected chi connectivity index (χ3v) is 5.73. The molecule has 0 aromatic heterocycles. The number of phenolic OH excluding ortho intramolecular Hbond substituents is 1. The van der Waals surface area contributed by atoms with Gasteiger partial charge in [-0.1, -0.05) is 55.8 Å². The van der Waals surface area contributed by atoms with Gasteiger partial charge in [0.2, 0.25) is 0 Å². The minimum atomic E-state index is -1.15. The predicted octanol–water partition coefficient (Wildman–Crippen LogP) is 3.46. The largest absolute Gasteiger partial charge is 0.508 e. The molecule has 3 rings (SSSR count). The van der Waals surface area contributed by atoms with Crippen molar-refractivity contribution in [1.29, 1.82) is 0 Å². The van der Waals surface area contributed by atoms with E-state index < -0.39 is 5.54 Å². The number of carbonyl (C=O) groups is 2. The minimum Gasteiger partial charge on any atom is -0.508 e. The number of nitrogens with one attached hydrogen (secondary N) is 1. The number of rotatable bonds is 6. The van der Waals surface area contributed by atoms with E-state index >= 15 is 0 Å². The van der Waals surface area contributed by atoms with Crippen molar-refractivity contribution in [3.8, 4) is 5.75 Å². The van der Waals surface area contributed by atoms with Gasteiger partial charge in [-0.15, -0.1) is 0 Å². The van der Waals surface area contributed by atoms with Crippen LogP contribution in [-0.4, -0.2) is 47.1 Å². The van der Waals surface area contributed by atoms with E-state index in [0.717, 1.165) is 30.4 Å². The van der Waals surface area contributed by atoms with Gasteiger partial charge >= 0.3 is 6.03 Å². The van der Waals surface area contributed by atoms with Crippen LogP contribution in [0.25, 0.3) is 0 Å². The molecule has 0 bridgehead atoms. The van der Waals surface area contributed by atoms with Crippen LogP contribution >= 0.6 is 0 Å². The minimum absolute atomic E-state index is 0.0959. The molecule has 0 saturated carbocycles. The van der Waals surface area contributed by atoms with E-state index in [4.69, 9.17) is 0 Å². The van der Waals surface area contributed by atoms with Gasteiger partial charge in [0.05, 0.1) is 0 Å². The number of amides is 3. The van der Waals surface area contributed by atoms with Crippen LogP contribution < -0.4 is 5.32 Å². The second-order valence-corrected chi connectivity index (χ2v) is 7.53. The van der Waals surface area contributed by atoms with E-state index in [-0.39, 0.29) is 23.9 Å². The molecule has 1 fully saturated rings. The van der Waals surface area contributed by atoms with E-state index in [1.807, 2.05) is 30.3 Å². The smallest absolute Gasteiger partial charge is 0.319 e. The molecule has 0 spiro atoms. The molecule has 2 N–H and O–H groups in total. The van der Waals surface area contributed by atoms with Crippen molar-refractivity contribution in [3.05, 3.63) is 65.7 Å². The summed E-state index contributed by atoms with van der Waals surface area (Å²) in [4.78, 5) is 30.3. The molecule has 29 heavy (non-hydrogen) atoms. The van der Waals surface area contributed by atoms with E-state index in [9.17, 15) is 14.7 Å². The van der Waals surface area contributed by atoms with E-state index in [1.54, 1.807) is 48.2 Å². The number of aromatic hydroxyl groups is 1. The van der Waals surface area contributed by atoms with E-state index in [0.29, 0.717) is 6.42 Å². The third-order valence-electron chi connectivity index (χ3n) is 5.73. The highest BCUT2D eigenvalue weighted by atomic mass is 16.3. The average molecular weight is 396 g/mol. The fraction of sp³-hybridized carbons (Fsp3) is 0.391. The highest BCUT2D eigenvalue weighted by Crippen LogP contribution is 2.43. The molecular formula is C23H29N3O3. The highest BCUT2D eigenvalue weighted by molar-refractivity contribution is 5.95. The molecule has 1 aliphatic rings. The summed E-state index contributed by atoms with van der Waals surface area (Å²) in [5.41, 5.74) is 0.511. The summed E-state index contributed by atoms with van der Waals surface area (Å²) in [6.45, 7) is 2.10. The quantitative estimate of drug-likeness (QED) is 0.787. The van der Waals surface area contributed by atoms with E-state index in [2.05, 4.69) is 12.2 Å². The maximum Gasteiger partial charge on any atom is 0.319 e. The van der Waals surface area contributed by atoms with E-state index in [1.165, 1.54) is 0 Å². The summed E-state index contributed by atoms with van der Waals surface area (Å²) in [6.07, 6.45) is 2.63. The van der Waals surface area contributed by atoms with Crippen molar-refractivity contribution >= 4 is 11.9 Å². The van der Waals surface area contributed by atoms with Gasteiger partial charge in [0, 0.05) is 20.5 Å². The number of phenols is 1. The Hall–Kier alpha value is -3.02. The van der Waals surface area contributed by atoms with Gasteiger partial charge in [0.15, 0.2) is 5.54 Å². The zero-order valence-corrected chi connectivity index (χ0v) is 17.3. The second-order valence-electron chi connectivity index (χ2n) is 7.53. The van der Waals surface area contributed by atoms with Crippen LogP contribution in [0.5, 0.6) is 5.75 Å². The molecule has 3 amide bonds. The molecule has 6 nitrogen and oxygen atoms in total. The molecule has 1 heterocycles. The maximum atomic E-state index is 13.8. The Labute approximate surface area is 172 Å². The fourth-order valence-electron chi connectivity index (χ4n) is 4.24. The Morgan fingerprint density at radius 2 is 1.79 bits per heavy atom. The lowest BCUT2D eigenvalue weighted by molar-refractivity contribution is -0.133. The number of nitrogens with zero attached hydrogens (tertiary/aromatic N) is 2. The second kappa shape index (κ2) is 8.55. The molecule has 6 heteroatoms. The number of likely N-dealkylation sites (N-methyl/N-ethyl adjacent to an activating group) is 1. The average Bonchev–Trinajstić information content (AvgIpc) is 2.96. The molecule has 2 aromatic rings. The molecule has 0 aliphatic carbocycles. The van der Waals surface area contributed by atoms with Gasteiger partial charge in [-0.25, -0.2) is 4.79 Å².